The molecule has 1 saturated carbocycles. The summed E-state index contributed by atoms with van der Waals surface area (Å²) in [6.07, 6.45) is 5.75. The van der Waals surface area contributed by atoms with E-state index in [4.69, 9.17) is 0 Å². The summed E-state index contributed by atoms with van der Waals surface area (Å²) >= 11 is 0. The lowest BCUT2D eigenvalue weighted by molar-refractivity contribution is 0.121. The Morgan fingerprint density at radius 3 is 2.18 bits per heavy atom. The molecule has 0 nitrogen and oxygen atoms in total. The van der Waals surface area contributed by atoms with E-state index in [9.17, 15) is 0 Å². The van der Waals surface area contributed by atoms with Crippen LogP contribution in [0.2, 0.25) is 0 Å². The first-order valence-corrected chi connectivity index (χ1v) is 5.05. The highest BCUT2D eigenvalue weighted by atomic mass is 14.4. The van der Waals surface area contributed by atoms with Gasteiger partial charge in [-0.1, -0.05) is 40.5 Å². The van der Waals surface area contributed by atoms with Crippen LogP contribution in [0.4, 0.5) is 0 Å². The van der Waals surface area contributed by atoms with Crippen LogP contribution < -0.4 is 0 Å². The normalized spacial score (nSPS) is 31.6. The molecule has 11 heavy (non-hydrogen) atoms. The van der Waals surface area contributed by atoms with Gasteiger partial charge in [0.15, 0.2) is 0 Å². The van der Waals surface area contributed by atoms with Gasteiger partial charge in [-0.05, 0) is 30.1 Å². The van der Waals surface area contributed by atoms with E-state index >= 15 is 0 Å². The van der Waals surface area contributed by atoms with Crippen molar-refractivity contribution in [3.05, 3.63) is 0 Å². The second-order valence-electron chi connectivity index (χ2n) is 5.04. The van der Waals surface area contributed by atoms with Crippen molar-refractivity contribution in [2.24, 2.45) is 17.3 Å². The molecule has 0 aromatic carbocycles. The van der Waals surface area contributed by atoms with Gasteiger partial charge in [-0.25, -0.2) is 0 Å². The van der Waals surface area contributed by atoms with E-state index in [0.29, 0.717) is 5.41 Å². The van der Waals surface area contributed by atoms with Crippen LogP contribution in [0.1, 0.15) is 53.4 Å². The SMILES string of the molecule is CCC(C)(C)CC1CCC1C. The molecular weight excluding hydrogens is 132 g/mol. The van der Waals surface area contributed by atoms with E-state index in [0.717, 1.165) is 11.8 Å². The molecule has 1 fully saturated rings. The third-order valence-corrected chi connectivity index (χ3v) is 3.57. The summed E-state index contributed by atoms with van der Waals surface area (Å²) in [6.45, 7) is 9.51. The Morgan fingerprint density at radius 1 is 1.27 bits per heavy atom. The minimum absolute atomic E-state index is 0.597. The van der Waals surface area contributed by atoms with Crippen molar-refractivity contribution in [2.75, 3.05) is 0 Å². The highest BCUT2D eigenvalue weighted by Crippen LogP contribution is 2.42. The molecule has 0 bridgehead atoms. The summed E-state index contributed by atoms with van der Waals surface area (Å²) in [7, 11) is 0. The van der Waals surface area contributed by atoms with Gasteiger partial charge in [0.1, 0.15) is 0 Å². The summed E-state index contributed by atoms with van der Waals surface area (Å²) in [4.78, 5) is 0. The maximum Gasteiger partial charge on any atom is -0.0354 e. The van der Waals surface area contributed by atoms with E-state index in [2.05, 4.69) is 27.7 Å². The van der Waals surface area contributed by atoms with Crippen LogP contribution in [0.3, 0.4) is 0 Å². The van der Waals surface area contributed by atoms with Crippen molar-refractivity contribution in [1.82, 2.24) is 0 Å². The van der Waals surface area contributed by atoms with E-state index in [1.165, 1.54) is 25.7 Å². The number of hydrogen-bond acceptors (Lipinski definition) is 0. The smallest absolute Gasteiger partial charge is 0.0354 e. The molecule has 66 valence electrons. The van der Waals surface area contributed by atoms with Gasteiger partial charge in [0, 0.05) is 0 Å². The third kappa shape index (κ3) is 2.21. The summed E-state index contributed by atoms with van der Waals surface area (Å²) in [5.41, 5.74) is 0.597. The molecule has 0 radical (unpaired) electrons. The zero-order valence-electron chi connectivity index (χ0n) is 8.48. The molecule has 2 atom stereocenters. The van der Waals surface area contributed by atoms with E-state index < -0.39 is 0 Å². The molecule has 0 aromatic rings. The van der Waals surface area contributed by atoms with Gasteiger partial charge >= 0.3 is 0 Å². The average molecular weight is 154 g/mol. The topological polar surface area (TPSA) is 0 Å². The number of hydrogen-bond donors (Lipinski definition) is 0. The van der Waals surface area contributed by atoms with Crippen LogP contribution in [0.25, 0.3) is 0 Å². The largest absolute Gasteiger partial charge is 0.0649 e. The van der Waals surface area contributed by atoms with Crippen molar-refractivity contribution in [3.63, 3.8) is 0 Å². The Labute approximate surface area is 71.4 Å². The Bertz CT molecular complexity index is 124. The van der Waals surface area contributed by atoms with Crippen LogP contribution in [-0.2, 0) is 0 Å². The molecule has 2 unspecified atom stereocenters. The van der Waals surface area contributed by atoms with E-state index in [1.807, 2.05) is 0 Å². The first-order valence-electron chi connectivity index (χ1n) is 5.05. The Morgan fingerprint density at radius 2 is 1.91 bits per heavy atom. The summed E-state index contributed by atoms with van der Waals surface area (Å²) in [5.74, 6) is 2.06. The fourth-order valence-corrected chi connectivity index (χ4v) is 1.89. The highest BCUT2D eigenvalue weighted by molar-refractivity contribution is 4.82. The Balaban J connectivity index is 2.29. The predicted octanol–water partition coefficient (Wildman–Crippen LogP) is 3.86. The van der Waals surface area contributed by atoms with Gasteiger partial charge in [0.25, 0.3) is 0 Å². The van der Waals surface area contributed by atoms with Crippen molar-refractivity contribution in [3.8, 4) is 0 Å². The standard InChI is InChI=1S/C11H22/c1-5-11(3,4)8-10-7-6-9(10)2/h9-10H,5-8H2,1-4H3. The molecule has 0 spiro atoms. The van der Waals surface area contributed by atoms with Gasteiger partial charge in [-0.2, -0.15) is 0 Å². The first kappa shape index (κ1) is 9.09. The molecule has 0 saturated heterocycles. The third-order valence-electron chi connectivity index (χ3n) is 3.57. The molecule has 0 heterocycles. The van der Waals surface area contributed by atoms with Crippen LogP contribution in [0, 0.1) is 17.3 Å². The first-order chi connectivity index (χ1) is 5.05. The van der Waals surface area contributed by atoms with Gasteiger partial charge in [-0.3, -0.25) is 0 Å². The molecule has 0 aromatic heterocycles. The molecule has 1 aliphatic rings. The monoisotopic (exact) mass is 154 g/mol. The quantitative estimate of drug-likeness (QED) is 0.579. The highest BCUT2D eigenvalue weighted by Gasteiger charge is 2.31. The zero-order valence-corrected chi connectivity index (χ0v) is 8.48. The van der Waals surface area contributed by atoms with E-state index in [1.54, 1.807) is 0 Å². The lowest BCUT2D eigenvalue weighted by Gasteiger charge is -2.39. The van der Waals surface area contributed by atoms with Crippen LogP contribution in [0.5, 0.6) is 0 Å². The summed E-state index contributed by atoms with van der Waals surface area (Å²) in [6, 6.07) is 0. The maximum absolute atomic E-state index is 2.40. The van der Waals surface area contributed by atoms with Crippen LogP contribution >= 0.6 is 0 Å². The van der Waals surface area contributed by atoms with Crippen LogP contribution in [0.15, 0.2) is 0 Å². The van der Waals surface area contributed by atoms with E-state index in [-0.39, 0.29) is 0 Å². The minimum atomic E-state index is 0.597. The van der Waals surface area contributed by atoms with Gasteiger partial charge in [0.2, 0.25) is 0 Å². The minimum Gasteiger partial charge on any atom is -0.0649 e. The maximum atomic E-state index is 2.40. The van der Waals surface area contributed by atoms with Crippen molar-refractivity contribution in [2.45, 2.75) is 53.4 Å². The fourth-order valence-electron chi connectivity index (χ4n) is 1.89. The predicted molar refractivity (Wildman–Crippen MR) is 50.6 cm³/mol. The van der Waals surface area contributed by atoms with Crippen molar-refractivity contribution >= 4 is 0 Å². The van der Waals surface area contributed by atoms with Gasteiger partial charge in [0.05, 0.1) is 0 Å². The van der Waals surface area contributed by atoms with Crippen molar-refractivity contribution in [1.29, 1.82) is 0 Å². The zero-order chi connectivity index (χ0) is 8.48. The second-order valence-corrected chi connectivity index (χ2v) is 5.04. The average Bonchev–Trinajstić information content (AvgIpc) is 1.98. The summed E-state index contributed by atoms with van der Waals surface area (Å²) < 4.78 is 0. The Hall–Kier alpha value is 0. The number of rotatable bonds is 3. The second kappa shape index (κ2) is 3.16. The molecule has 0 aliphatic heterocycles. The Kier molecular flexibility index (Phi) is 2.61. The van der Waals surface area contributed by atoms with Crippen LogP contribution in [-0.4, -0.2) is 0 Å². The molecule has 0 amide bonds. The molecule has 0 heteroatoms. The molecule has 1 aliphatic carbocycles. The molecule has 0 N–H and O–H groups in total. The lowest BCUT2D eigenvalue weighted by atomic mass is 9.67. The molecule has 1 rings (SSSR count). The summed E-state index contributed by atoms with van der Waals surface area (Å²) in [5, 5.41) is 0. The fraction of sp³-hybridized carbons (Fsp3) is 1.00. The molecular formula is C11H22. The van der Waals surface area contributed by atoms with Crippen molar-refractivity contribution < 1.29 is 0 Å². The van der Waals surface area contributed by atoms with Gasteiger partial charge < -0.3 is 0 Å². The van der Waals surface area contributed by atoms with Gasteiger partial charge in [-0.15, -0.1) is 0 Å². The lowest BCUT2D eigenvalue weighted by Crippen LogP contribution is -2.28.